The summed E-state index contributed by atoms with van der Waals surface area (Å²) < 4.78 is 54.2. The molecule has 0 radical (unpaired) electrons. The van der Waals surface area contributed by atoms with E-state index in [0.29, 0.717) is 16.3 Å². The van der Waals surface area contributed by atoms with E-state index in [9.17, 15) is 16.8 Å². The van der Waals surface area contributed by atoms with Crippen LogP contribution in [0.2, 0.25) is 5.02 Å². The summed E-state index contributed by atoms with van der Waals surface area (Å²) in [5, 5.41) is 0.519. The molecule has 1 heterocycles. The zero-order valence-corrected chi connectivity index (χ0v) is 16.8. The molecule has 3 rings (SSSR count). The molecule has 0 spiro atoms. The predicted octanol–water partition coefficient (Wildman–Crippen LogP) is 3.48. The maximum absolute atomic E-state index is 12.4. The molecule has 0 atom stereocenters. The van der Waals surface area contributed by atoms with Gasteiger partial charge in [0.15, 0.2) is 0 Å². The number of anilines is 2. The first-order chi connectivity index (χ1) is 13.2. The number of halogens is 1. The van der Waals surface area contributed by atoms with Crippen molar-refractivity contribution in [1.82, 2.24) is 4.98 Å². The fraction of sp³-hybridized carbons (Fsp3) is 0.0556. The van der Waals surface area contributed by atoms with Crippen LogP contribution >= 0.6 is 11.6 Å². The van der Waals surface area contributed by atoms with Crippen molar-refractivity contribution < 1.29 is 16.8 Å². The Morgan fingerprint density at radius 3 is 2.11 bits per heavy atom. The smallest absolute Gasteiger partial charge is 0.261 e. The Balaban J connectivity index is 1.70. The molecule has 0 saturated carbocycles. The highest BCUT2D eigenvalue weighted by atomic mass is 35.5. The third-order valence-electron chi connectivity index (χ3n) is 3.62. The molecule has 28 heavy (non-hydrogen) atoms. The highest BCUT2D eigenvalue weighted by Crippen LogP contribution is 2.19. The van der Waals surface area contributed by atoms with Gasteiger partial charge in [0, 0.05) is 16.9 Å². The van der Waals surface area contributed by atoms with Crippen LogP contribution in [0.1, 0.15) is 5.56 Å². The van der Waals surface area contributed by atoms with Crippen LogP contribution in [0.25, 0.3) is 0 Å². The van der Waals surface area contributed by atoms with E-state index in [2.05, 4.69) is 14.4 Å². The Hall–Kier alpha value is -2.62. The average molecular weight is 438 g/mol. The Morgan fingerprint density at radius 2 is 1.50 bits per heavy atom. The minimum absolute atomic E-state index is 0.00278. The van der Waals surface area contributed by atoms with Crippen molar-refractivity contribution in [3.63, 3.8) is 0 Å². The van der Waals surface area contributed by atoms with Crippen molar-refractivity contribution in [3.8, 4) is 0 Å². The second kappa shape index (κ2) is 8.17. The molecule has 2 aromatic carbocycles. The lowest BCUT2D eigenvalue weighted by molar-refractivity contribution is 0.599. The Morgan fingerprint density at radius 1 is 0.821 bits per heavy atom. The number of nitrogens with one attached hydrogen (secondary N) is 2. The molecule has 0 saturated heterocycles. The van der Waals surface area contributed by atoms with Crippen molar-refractivity contribution in [1.29, 1.82) is 0 Å². The van der Waals surface area contributed by atoms with Crippen molar-refractivity contribution in [2.75, 3.05) is 9.44 Å². The topological polar surface area (TPSA) is 105 Å². The molecule has 146 valence electrons. The third-order valence-corrected chi connectivity index (χ3v) is 6.53. The van der Waals surface area contributed by atoms with E-state index in [-0.39, 0.29) is 16.3 Å². The summed E-state index contributed by atoms with van der Waals surface area (Å²) in [6, 6.07) is 15.1. The van der Waals surface area contributed by atoms with E-state index in [0.717, 1.165) is 0 Å². The number of sulfonamides is 2. The molecule has 1 aromatic heterocycles. The van der Waals surface area contributed by atoms with E-state index in [1.165, 1.54) is 36.7 Å². The predicted molar refractivity (Wildman–Crippen MR) is 109 cm³/mol. The first kappa shape index (κ1) is 20.1. The number of aromatic nitrogens is 1. The summed E-state index contributed by atoms with van der Waals surface area (Å²) in [6.45, 7) is 0. The summed E-state index contributed by atoms with van der Waals surface area (Å²) in [6.07, 6.45) is 2.92. The van der Waals surface area contributed by atoms with E-state index in [1.807, 2.05) is 0 Å². The van der Waals surface area contributed by atoms with Gasteiger partial charge in [0.1, 0.15) is 0 Å². The molecule has 0 unspecified atom stereocenters. The molecule has 0 aliphatic heterocycles. The minimum Gasteiger partial charge on any atom is -0.283 e. The Labute approximate surface area is 168 Å². The summed E-state index contributed by atoms with van der Waals surface area (Å²) in [7, 11) is -7.47. The lowest BCUT2D eigenvalue weighted by Crippen LogP contribution is -2.16. The van der Waals surface area contributed by atoms with E-state index in [4.69, 9.17) is 11.6 Å². The molecular formula is C18H16ClN3O4S2. The number of nitrogens with zero attached hydrogens (tertiary/aromatic N) is 1. The van der Waals surface area contributed by atoms with Gasteiger partial charge in [-0.05, 0) is 54.1 Å². The van der Waals surface area contributed by atoms with Crippen LogP contribution in [-0.4, -0.2) is 21.8 Å². The number of rotatable bonds is 7. The van der Waals surface area contributed by atoms with Gasteiger partial charge < -0.3 is 0 Å². The zero-order chi connectivity index (χ0) is 20.2. The van der Waals surface area contributed by atoms with Gasteiger partial charge in [0.2, 0.25) is 10.0 Å². The first-order valence-corrected chi connectivity index (χ1v) is 11.5. The van der Waals surface area contributed by atoms with Crippen LogP contribution in [0, 0.1) is 0 Å². The summed E-state index contributed by atoms with van der Waals surface area (Å²) in [5.74, 6) is -0.229. The normalized spacial score (nSPS) is 11.8. The van der Waals surface area contributed by atoms with Gasteiger partial charge >= 0.3 is 0 Å². The third kappa shape index (κ3) is 5.44. The lowest BCUT2D eigenvalue weighted by Gasteiger charge is -2.10. The van der Waals surface area contributed by atoms with Crippen LogP contribution < -0.4 is 9.44 Å². The maximum atomic E-state index is 12.4. The van der Waals surface area contributed by atoms with Crippen LogP contribution in [0.5, 0.6) is 0 Å². The maximum Gasteiger partial charge on any atom is 0.261 e. The van der Waals surface area contributed by atoms with Crippen molar-refractivity contribution in [2.24, 2.45) is 0 Å². The van der Waals surface area contributed by atoms with Crippen molar-refractivity contribution in [3.05, 3.63) is 83.6 Å². The summed E-state index contributed by atoms with van der Waals surface area (Å²) >= 11 is 5.79. The minimum atomic E-state index is -3.81. The van der Waals surface area contributed by atoms with Gasteiger partial charge in [0.25, 0.3) is 10.0 Å². The van der Waals surface area contributed by atoms with E-state index in [1.54, 1.807) is 36.4 Å². The quantitative estimate of drug-likeness (QED) is 0.588. The molecular weight excluding hydrogens is 422 g/mol. The van der Waals surface area contributed by atoms with Gasteiger partial charge in [-0.15, -0.1) is 0 Å². The second-order valence-corrected chi connectivity index (χ2v) is 9.70. The van der Waals surface area contributed by atoms with Gasteiger partial charge in [-0.2, -0.15) is 0 Å². The summed E-state index contributed by atoms with van der Waals surface area (Å²) in [4.78, 5) is 3.84. The van der Waals surface area contributed by atoms with Gasteiger partial charge in [-0.3, -0.25) is 14.4 Å². The van der Waals surface area contributed by atoms with Crippen LogP contribution in [0.15, 0.2) is 78.0 Å². The Bertz CT molecular complexity index is 1150. The lowest BCUT2D eigenvalue weighted by atomic mass is 10.2. The molecule has 0 bridgehead atoms. The molecule has 10 heteroatoms. The standard InChI is InChI=1S/C18H16ClN3O4S2/c19-15-5-3-14(4-6-15)13-27(23,24)21-16-7-9-18(10-8-16)28(25,26)22-17-2-1-11-20-12-17/h1-12,21-22H,13H2. The highest BCUT2D eigenvalue weighted by Gasteiger charge is 2.16. The fourth-order valence-corrected chi connectivity index (χ4v) is 4.72. The van der Waals surface area contributed by atoms with Gasteiger partial charge in [-0.1, -0.05) is 23.7 Å². The fourth-order valence-electron chi connectivity index (χ4n) is 2.36. The van der Waals surface area contributed by atoms with Crippen LogP contribution in [0.3, 0.4) is 0 Å². The number of benzene rings is 2. The largest absolute Gasteiger partial charge is 0.283 e. The highest BCUT2D eigenvalue weighted by molar-refractivity contribution is 7.92. The number of hydrogen-bond donors (Lipinski definition) is 2. The second-order valence-electron chi connectivity index (χ2n) is 5.86. The van der Waals surface area contributed by atoms with Gasteiger partial charge in [0.05, 0.1) is 22.5 Å². The summed E-state index contributed by atoms with van der Waals surface area (Å²) in [5.41, 5.74) is 1.17. The Kier molecular flexibility index (Phi) is 5.87. The van der Waals surface area contributed by atoms with Crippen LogP contribution in [0.4, 0.5) is 11.4 Å². The van der Waals surface area contributed by atoms with Crippen molar-refractivity contribution >= 4 is 43.0 Å². The molecule has 2 N–H and O–H groups in total. The SMILES string of the molecule is O=S(=O)(Cc1ccc(Cl)cc1)Nc1ccc(S(=O)(=O)Nc2cccnc2)cc1. The number of hydrogen-bond acceptors (Lipinski definition) is 5. The zero-order valence-electron chi connectivity index (χ0n) is 14.4. The van der Waals surface area contributed by atoms with Gasteiger partial charge in [-0.25, -0.2) is 16.8 Å². The molecule has 0 amide bonds. The molecule has 0 aliphatic carbocycles. The monoisotopic (exact) mass is 437 g/mol. The molecule has 0 aliphatic rings. The molecule has 3 aromatic rings. The number of pyridine rings is 1. The molecule has 7 nitrogen and oxygen atoms in total. The van der Waals surface area contributed by atoms with E-state index < -0.39 is 20.0 Å². The van der Waals surface area contributed by atoms with Crippen LogP contribution in [-0.2, 0) is 25.8 Å². The van der Waals surface area contributed by atoms with E-state index >= 15 is 0 Å². The first-order valence-electron chi connectivity index (χ1n) is 8.01. The molecule has 0 fully saturated rings. The van der Waals surface area contributed by atoms with Crippen molar-refractivity contribution in [2.45, 2.75) is 10.6 Å². The average Bonchev–Trinajstić information content (AvgIpc) is 2.64.